The third-order valence-electron chi connectivity index (χ3n) is 3.72. The maximum absolute atomic E-state index is 4.59. The van der Waals surface area contributed by atoms with Crippen molar-refractivity contribution in [2.24, 2.45) is 0 Å². The first-order valence-electron chi connectivity index (χ1n) is 6.54. The maximum atomic E-state index is 4.59. The van der Waals surface area contributed by atoms with E-state index in [1.807, 2.05) is 6.20 Å². The highest BCUT2D eigenvalue weighted by Gasteiger charge is 2.17. The highest BCUT2D eigenvalue weighted by molar-refractivity contribution is 5.74. The Hall–Kier alpha value is -1.45. The van der Waals surface area contributed by atoms with E-state index in [0.29, 0.717) is 0 Å². The Morgan fingerprint density at radius 3 is 2.82 bits per heavy atom. The lowest BCUT2D eigenvalue weighted by molar-refractivity contribution is 0.573. The van der Waals surface area contributed by atoms with Crippen molar-refractivity contribution in [1.82, 2.24) is 4.98 Å². The Bertz CT molecular complexity index is 398. The van der Waals surface area contributed by atoms with E-state index in [0.717, 1.165) is 32.0 Å². The second-order valence-corrected chi connectivity index (χ2v) is 4.96. The summed E-state index contributed by atoms with van der Waals surface area (Å²) in [5.74, 6) is 1.14. The van der Waals surface area contributed by atoms with Gasteiger partial charge in [-0.3, -0.25) is 0 Å². The topological polar surface area (TPSA) is 31.4 Å². The molecule has 3 heterocycles. The van der Waals surface area contributed by atoms with E-state index in [1.54, 1.807) is 0 Å². The molecule has 0 radical (unpaired) electrons. The standard InChI is InChI=1S/C13H20N4/c1-16-8-5-14-11-10-15-13(9-12(11)16)17-6-3-2-4-7-17/h9-10,14H,2-8H2,1H3. The van der Waals surface area contributed by atoms with Crippen LogP contribution in [0.15, 0.2) is 12.3 Å². The second kappa shape index (κ2) is 4.43. The number of nitrogens with one attached hydrogen (secondary N) is 1. The Balaban J connectivity index is 1.88. The lowest BCUT2D eigenvalue weighted by Crippen LogP contribution is -2.33. The quantitative estimate of drug-likeness (QED) is 0.801. The normalized spacial score (nSPS) is 19.8. The van der Waals surface area contributed by atoms with E-state index in [2.05, 4.69) is 33.2 Å². The lowest BCUT2D eigenvalue weighted by atomic mass is 10.1. The zero-order valence-corrected chi connectivity index (χ0v) is 10.4. The van der Waals surface area contributed by atoms with Crippen molar-refractivity contribution in [2.45, 2.75) is 19.3 Å². The third kappa shape index (κ3) is 2.04. The Kier molecular flexibility index (Phi) is 2.79. The van der Waals surface area contributed by atoms with Crippen molar-refractivity contribution in [3.63, 3.8) is 0 Å². The van der Waals surface area contributed by atoms with Crippen LogP contribution in [0.3, 0.4) is 0 Å². The van der Waals surface area contributed by atoms with Gasteiger partial charge in [0.15, 0.2) is 0 Å². The molecule has 4 heteroatoms. The Labute approximate surface area is 103 Å². The molecule has 4 nitrogen and oxygen atoms in total. The number of anilines is 3. The average molecular weight is 232 g/mol. The molecule has 3 rings (SSSR count). The minimum atomic E-state index is 1.01. The van der Waals surface area contributed by atoms with Crippen LogP contribution in [0.5, 0.6) is 0 Å². The molecule has 1 N–H and O–H groups in total. The summed E-state index contributed by atoms with van der Waals surface area (Å²) in [7, 11) is 2.15. The predicted octanol–water partition coefficient (Wildman–Crippen LogP) is 1.93. The van der Waals surface area contributed by atoms with E-state index >= 15 is 0 Å². The van der Waals surface area contributed by atoms with Gasteiger partial charge in [0.05, 0.1) is 17.6 Å². The smallest absolute Gasteiger partial charge is 0.130 e. The van der Waals surface area contributed by atoms with Crippen molar-refractivity contribution in [3.8, 4) is 0 Å². The zero-order valence-electron chi connectivity index (χ0n) is 10.4. The van der Waals surface area contributed by atoms with Gasteiger partial charge in [0.25, 0.3) is 0 Å². The number of hydrogen-bond donors (Lipinski definition) is 1. The van der Waals surface area contributed by atoms with Gasteiger partial charge in [-0.05, 0) is 19.3 Å². The van der Waals surface area contributed by atoms with Gasteiger partial charge in [-0.15, -0.1) is 0 Å². The number of rotatable bonds is 1. The fourth-order valence-electron chi connectivity index (χ4n) is 2.66. The molecule has 2 aliphatic rings. The van der Waals surface area contributed by atoms with Gasteiger partial charge < -0.3 is 15.1 Å². The molecule has 1 fully saturated rings. The minimum Gasteiger partial charge on any atom is -0.380 e. The second-order valence-electron chi connectivity index (χ2n) is 4.96. The molecule has 2 aliphatic heterocycles. The van der Waals surface area contributed by atoms with Gasteiger partial charge in [-0.25, -0.2) is 4.98 Å². The lowest BCUT2D eigenvalue weighted by Gasteiger charge is -2.32. The van der Waals surface area contributed by atoms with E-state index in [-0.39, 0.29) is 0 Å². The SMILES string of the molecule is CN1CCNc2cnc(N3CCCCC3)cc21. The number of likely N-dealkylation sites (N-methyl/N-ethyl adjacent to an activating group) is 1. The summed E-state index contributed by atoms with van der Waals surface area (Å²) in [6.07, 6.45) is 5.94. The summed E-state index contributed by atoms with van der Waals surface area (Å²) >= 11 is 0. The van der Waals surface area contributed by atoms with Crippen LogP contribution in [0, 0.1) is 0 Å². The average Bonchev–Trinajstić information content (AvgIpc) is 2.40. The molecule has 0 aliphatic carbocycles. The molecule has 0 amide bonds. The third-order valence-corrected chi connectivity index (χ3v) is 3.72. The first kappa shape index (κ1) is 10.7. The number of fused-ring (bicyclic) bond motifs is 1. The predicted molar refractivity (Wildman–Crippen MR) is 72.1 cm³/mol. The summed E-state index contributed by atoms with van der Waals surface area (Å²) < 4.78 is 0. The molecule has 0 aromatic carbocycles. The largest absolute Gasteiger partial charge is 0.380 e. The number of hydrogen-bond acceptors (Lipinski definition) is 4. The molecule has 1 aromatic rings. The van der Waals surface area contributed by atoms with Crippen molar-refractivity contribution in [1.29, 1.82) is 0 Å². The van der Waals surface area contributed by atoms with E-state index in [4.69, 9.17) is 0 Å². The van der Waals surface area contributed by atoms with Gasteiger partial charge in [-0.1, -0.05) is 0 Å². The summed E-state index contributed by atoms with van der Waals surface area (Å²) in [5, 5.41) is 3.40. The molecule has 0 spiro atoms. The first-order valence-corrected chi connectivity index (χ1v) is 6.54. The van der Waals surface area contributed by atoms with Gasteiger partial charge in [-0.2, -0.15) is 0 Å². The van der Waals surface area contributed by atoms with Crippen LogP contribution < -0.4 is 15.1 Å². The molecular formula is C13H20N4. The van der Waals surface area contributed by atoms with Gasteiger partial charge in [0.1, 0.15) is 5.82 Å². The molecule has 92 valence electrons. The number of piperidine rings is 1. The number of nitrogens with zero attached hydrogens (tertiary/aromatic N) is 3. The van der Waals surface area contributed by atoms with Gasteiger partial charge in [0.2, 0.25) is 0 Å². The van der Waals surface area contributed by atoms with E-state index < -0.39 is 0 Å². The van der Waals surface area contributed by atoms with Crippen LogP contribution in [0.25, 0.3) is 0 Å². The highest BCUT2D eigenvalue weighted by atomic mass is 15.2. The summed E-state index contributed by atoms with van der Waals surface area (Å²) in [4.78, 5) is 9.30. The molecule has 17 heavy (non-hydrogen) atoms. The fraction of sp³-hybridized carbons (Fsp3) is 0.615. The Morgan fingerprint density at radius 1 is 1.18 bits per heavy atom. The molecule has 0 atom stereocenters. The van der Waals surface area contributed by atoms with Gasteiger partial charge in [0, 0.05) is 39.3 Å². The van der Waals surface area contributed by atoms with Crippen LogP contribution in [0.4, 0.5) is 17.2 Å². The number of pyridine rings is 1. The van der Waals surface area contributed by atoms with Crippen molar-refractivity contribution in [3.05, 3.63) is 12.3 Å². The first-order chi connectivity index (χ1) is 8.34. The van der Waals surface area contributed by atoms with Crippen molar-refractivity contribution >= 4 is 17.2 Å². The molecular weight excluding hydrogens is 212 g/mol. The van der Waals surface area contributed by atoms with Crippen molar-refractivity contribution in [2.75, 3.05) is 48.3 Å². The summed E-state index contributed by atoms with van der Waals surface area (Å²) in [5.41, 5.74) is 2.45. The molecule has 0 saturated carbocycles. The fourth-order valence-corrected chi connectivity index (χ4v) is 2.66. The van der Waals surface area contributed by atoms with Gasteiger partial charge >= 0.3 is 0 Å². The number of aromatic nitrogens is 1. The summed E-state index contributed by atoms with van der Waals surface area (Å²) in [6, 6.07) is 2.23. The molecule has 1 saturated heterocycles. The van der Waals surface area contributed by atoms with Crippen molar-refractivity contribution < 1.29 is 0 Å². The monoisotopic (exact) mass is 232 g/mol. The van der Waals surface area contributed by atoms with Crippen LogP contribution >= 0.6 is 0 Å². The Morgan fingerprint density at radius 2 is 2.00 bits per heavy atom. The van der Waals surface area contributed by atoms with Crippen LogP contribution in [0.2, 0.25) is 0 Å². The minimum absolute atomic E-state index is 1.01. The van der Waals surface area contributed by atoms with Crippen LogP contribution in [-0.4, -0.2) is 38.2 Å². The van der Waals surface area contributed by atoms with Crippen LogP contribution in [-0.2, 0) is 0 Å². The summed E-state index contributed by atoms with van der Waals surface area (Å²) in [6.45, 7) is 4.39. The molecule has 1 aromatic heterocycles. The zero-order chi connectivity index (χ0) is 11.7. The highest BCUT2D eigenvalue weighted by Crippen LogP contribution is 2.31. The van der Waals surface area contributed by atoms with E-state index in [9.17, 15) is 0 Å². The maximum Gasteiger partial charge on any atom is 0.130 e. The molecule has 0 unspecified atom stereocenters. The molecule has 0 bridgehead atoms. The van der Waals surface area contributed by atoms with E-state index in [1.165, 1.54) is 30.6 Å². The van der Waals surface area contributed by atoms with Crippen LogP contribution in [0.1, 0.15) is 19.3 Å².